The first kappa shape index (κ1) is 19.5. The molecule has 0 aliphatic heterocycles. The number of carbonyl (C=O) groups excluding carboxylic acids is 1. The molecule has 7 heteroatoms. The summed E-state index contributed by atoms with van der Waals surface area (Å²) in [5.74, 6) is 0.306. The van der Waals surface area contributed by atoms with Crippen molar-refractivity contribution < 1.29 is 13.2 Å². The Morgan fingerprint density at radius 3 is 2.32 bits per heavy atom. The normalized spacial score (nSPS) is 12.6. The number of thioether (sulfide) groups is 1. The van der Waals surface area contributed by atoms with E-state index < -0.39 is 16.1 Å². The molecule has 0 aromatic heterocycles. The molecule has 25 heavy (non-hydrogen) atoms. The summed E-state index contributed by atoms with van der Waals surface area (Å²) in [7, 11) is -3.75. The summed E-state index contributed by atoms with van der Waals surface area (Å²) < 4.78 is 27.5. The molecule has 134 valence electrons. The van der Waals surface area contributed by atoms with Crippen LogP contribution in [0.25, 0.3) is 0 Å². The minimum absolute atomic E-state index is 0.146. The molecule has 0 unspecified atom stereocenters. The van der Waals surface area contributed by atoms with E-state index in [1.165, 1.54) is 12.1 Å². The Bertz CT molecular complexity index is 791. The number of rotatable bonds is 8. The molecule has 1 amide bonds. The minimum Gasteiger partial charge on any atom is -0.325 e. The van der Waals surface area contributed by atoms with Crippen molar-refractivity contribution in [2.45, 2.75) is 24.3 Å². The van der Waals surface area contributed by atoms with E-state index in [1.54, 1.807) is 42.1 Å². The number of sulfonamides is 1. The summed E-state index contributed by atoms with van der Waals surface area (Å²) >= 11 is 1.56. The van der Waals surface area contributed by atoms with Gasteiger partial charge in [0, 0.05) is 5.69 Å². The molecule has 2 N–H and O–H groups in total. The van der Waals surface area contributed by atoms with Crippen molar-refractivity contribution in [1.82, 2.24) is 4.72 Å². The lowest BCUT2D eigenvalue weighted by molar-refractivity contribution is -0.117. The Morgan fingerprint density at radius 1 is 1.08 bits per heavy atom. The van der Waals surface area contributed by atoms with Gasteiger partial charge in [0.2, 0.25) is 15.9 Å². The first-order chi connectivity index (χ1) is 11.9. The minimum atomic E-state index is -3.75. The average Bonchev–Trinajstić information content (AvgIpc) is 2.61. The van der Waals surface area contributed by atoms with Crippen molar-refractivity contribution in [3.05, 3.63) is 60.2 Å². The number of hydrogen-bond donors (Lipinski definition) is 2. The van der Waals surface area contributed by atoms with Gasteiger partial charge < -0.3 is 5.32 Å². The predicted octanol–water partition coefficient (Wildman–Crippen LogP) is 3.03. The summed E-state index contributed by atoms with van der Waals surface area (Å²) in [6.45, 7) is 1.96. The zero-order valence-corrected chi connectivity index (χ0v) is 15.9. The molecule has 0 radical (unpaired) electrons. The Morgan fingerprint density at radius 2 is 1.72 bits per heavy atom. The molecule has 2 aromatic carbocycles. The van der Waals surface area contributed by atoms with Gasteiger partial charge in [0.25, 0.3) is 0 Å². The zero-order valence-electron chi connectivity index (χ0n) is 14.2. The number of amides is 1. The van der Waals surface area contributed by atoms with E-state index in [-0.39, 0.29) is 10.8 Å². The van der Waals surface area contributed by atoms with Crippen LogP contribution in [0.4, 0.5) is 5.69 Å². The van der Waals surface area contributed by atoms with Crippen LogP contribution in [0.2, 0.25) is 0 Å². The van der Waals surface area contributed by atoms with Crippen LogP contribution in [0.1, 0.15) is 12.0 Å². The number of anilines is 1. The second-order valence-electron chi connectivity index (χ2n) is 5.62. The Labute approximate surface area is 153 Å². The van der Waals surface area contributed by atoms with Gasteiger partial charge in [0.05, 0.1) is 4.90 Å². The molecule has 5 nitrogen and oxygen atoms in total. The van der Waals surface area contributed by atoms with E-state index in [1.807, 2.05) is 25.3 Å². The van der Waals surface area contributed by atoms with Gasteiger partial charge in [-0.15, -0.1) is 0 Å². The number of aryl methyl sites for hydroxylation is 1. The molecule has 1 atom stereocenters. The fourth-order valence-corrected chi connectivity index (χ4v) is 3.92. The lowest BCUT2D eigenvalue weighted by atomic mass is 10.2. The van der Waals surface area contributed by atoms with Crippen molar-refractivity contribution in [2.75, 3.05) is 17.3 Å². The third kappa shape index (κ3) is 5.88. The van der Waals surface area contributed by atoms with E-state index in [0.717, 1.165) is 5.56 Å². The highest BCUT2D eigenvalue weighted by atomic mass is 32.2. The summed E-state index contributed by atoms with van der Waals surface area (Å²) in [6.07, 6.45) is 2.32. The van der Waals surface area contributed by atoms with Crippen molar-refractivity contribution >= 4 is 33.4 Å². The van der Waals surface area contributed by atoms with Crippen molar-refractivity contribution in [1.29, 1.82) is 0 Å². The molecule has 2 aromatic rings. The highest BCUT2D eigenvalue weighted by Crippen LogP contribution is 2.13. The molecule has 0 saturated heterocycles. The molecule has 0 saturated carbocycles. The van der Waals surface area contributed by atoms with Crippen LogP contribution in [-0.4, -0.2) is 32.4 Å². The summed E-state index contributed by atoms with van der Waals surface area (Å²) in [5, 5.41) is 2.78. The predicted molar refractivity (Wildman–Crippen MR) is 103 cm³/mol. The van der Waals surface area contributed by atoms with Gasteiger partial charge in [0.15, 0.2) is 0 Å². The molecule has 0 aliphatic rings. The van der Waals surface area contributed by atoms with Gasteiger partial charge in [-0.25, -0.2) is 8.42 Å². The maximum absolute atomic E-state index is 12.6. The SMILES string of the molecule is CSCC[C@H](NS(=O)(=O)c1ccccc1)C(=O)Nc1ccc(C)cc1. The van der Waals surface area contributed by atoms with Crippen LogP contribution in [0.3, 0.4) is 0 Å². The van der Waals surface area contributed by atoms with Crippen molar-refractivity contribution in [3.8, 4) is 0 Å². The van der Waals surface area contributed by atoms with E-state index in [9.17, 15) is 13.2 Å². The van der Waals surface area contributed by atoms with E-state index in [2.05, 4.69) is 10.0 Å². The number of benzene rings is 2. The highest BCUT2D eigenvalue weighted by Gasteiger charge is 2.25. The number of hydrogen-bond acceptors (Lipinski definition) is 4. The van der Waals surface area contributed by atoms with Crippen LogP contribution < -0.4 is 10.0 Å². The van der Waals surface area contributed by atoms with Gasteiger partial charge in [-0.2, -0.15) is 16.5 Å². The van der Waals surface area contributed by atoms with Crippen LogP contribution in [0.15, 0.2) is 59.5 Å². The number of carbonyl (C=O) groups is 1. The van der Waals surface area contributed by atoms with E-state index >= 15 is 0 Å². The Hall–Kier alpha value is -1.83. The molecular formula is C18H22N2O3S2. The average molecular weight is 379 g/mol. The summed E-state index contributed by atoms with van der Waals surface area (Å²) in [5.41, 5.74) is 1.73. The summed E-state index contributed by atoms with van der Waals surface area (Å²) in [4.78, 5) is 12.7. The maximum atomic E-state index is 12.6. The lowest BCUT2D eigenvalue weighted by Crippen LogP contribution is -2.44. The van der Waals surface area contributed by atoms with Crippen molar-refractivity contribution in [3.63, 3.8) is 0 Å². The first-order valence-electron chi connectivity index (χ1n) is 7.86. The van der Waals surface area contributed by atoms with E-state index in [0.29, 0.717) is 17.9 Å². The molecule has 2 rings (SSSR count). The topological polar surface area (TPSA) is 75.3 Å². The third-order valence-corrected chi connectivity index (χ3v) is 5.73. The van der Waals surface area contributed by atoms with Crippen LogP contribution in [-0.2, 0) is 14.8 Å². The highest BCUT2D eigenvalue weighted by molar-refractivity contribution is 7.98. The fraction of sp³-hybridized carbons (Fsp3) is 0.278. The quantitative estimate of drug-likeness (QED) is 0.740. The van der Waals surface area contributed by atoms with Crippen LogP contribution in [0.5, 0.6) is 0 Å². The van der Waals surface area contributed by atoms with Gasteiger partial charge in [0.1, 0.15) is 6.04 Å². The second-order valence-corrected chi connectivity index (χ2v) is 8.32. The monoisotopic (exact) mass is 378 g/mol. The van der Waals surface area contributed by atoms with Crippen LogP contribution in [0, 0.1) is 6.92 Å². The molecule has 0 heterocycles. The van der Waals surface area contributed by atoms with Gasteiger partial charge in [-0.05, 0) is 49.6 Å². The second kappa shape index (κ2) is 9.03. The van der Waals surface area contributed by atoms with Crippen LogP contribution >= 0.6 is 11.8 Å². The molecule has 0 aliphatic carbocycles. The van der Waals surface area contributed by atoms with Gasteiger partial charge >= 0.3 is 0 Å². The fourth-order valence-electron chi connectivity index (χ4n) is 2.20. The zero-order chi connectivity index (χ0) is 18.3. The molecule has 0 spiro atoms. The third-order valence-electron chi connectivity index (χ3n) is 3.60. The number of nitrogens with one attached hydrogen (secondary N) is 2. The molecular weight excluding hydrogens is 356 g/mol. The molecule has 0 bridgehead atoms. The first-order valence-corrected chi connectivity index (χ1v) is 10.7. The summed E-state index contributed by atoms with van der Waals surface area (Å²) in [6, 6.07) is 14.6. The van der Waals surface area contributed by atoms with Gasteiger partial charge in [-0.1, -0.05) is 35.9 Å². The Kier molecular flexibility index (Phi) is 7.04. The van der Waals surface area contributed by atoms with Crippen molar-refractivity contribution in [2.24, 2.45) is 0 Å². The van der Waals surface area contributed by atoms with E-state index in [4.69, 9.17) is 0 Å². The van der Waals surface area contributed by atoms with Gasteiger partial charge in [-0.3, -0.25) is 4.79 Å². The standard InChI is InChI=1S/C18H22N2O3S2/c1-14-8-10-15(11-9-14)19-18(21)17(12-13-24-2)20-25(22,23)16-6-4-3-5-7-16/h3-11,17,20H,12-13H2,1-2H3,(H,19,21)/t17-/m0/s1. The molecule has 0 fully saturated rings. The Balaban J connectivity index is 2.14. The smallest absolute Gasteiger partial charge is 0.242 e. The largest absolute Gasteiger partial charge is 0.325 e. The maximum Gasteiger partial charge on any atom is 0.242 e. The lowest BCUT2D eigenvalue weighted by Gasteiger charge is -2.18.